The maximum Gasteiger partial charge on any atom is 0.114 e. The fraction of sp³-hybridized carbons (Fsp3) is 0.750. The van der Waals surface area contributed by atoms with Crippen molar-refractivity contribution in [2.45, 2.75) is 38.5 Å². The molecule has 5 heteroatoms. The molecule has 0 spiro atoms. The van der Waals surface area contributed by atoms with E-state index in [1.165, 1.54) is 5.69 Å². The van der Waals surface area contributed by atoms with E-state index in [1.54, 1.807) is 6.20 Å². The van der Waals surface area contributed by atoms with E-state index in [1.807, 2.05) is 15.6 Å². The molecule has 1 saturated heterocycles. The van der Waals surface area contributed by atoms with Crippen LogP contribution < -0.4 is 0 Å². The van der Waals surface area contributed by atoms with Crippen LogP contribution in [0.5, 0.6) is 0 Å². The Hall–Kier alpha value is -0.940. The predicted octanol–water partition coefficient (Wildman–Crippen LogP) is 0.850. The zero-order valence-electron chi connectivity index (χ0n) is 10.2. The smallest absolute Gasteiger partial charge is 0.114 e. The van der Waals surface area contributed by atoms with Crippen LogP contribution in [0.3, 0.4) is 0 Å². The molecule has 0 aliphatic carbocycles. The van der Waals surface area contributed by atoms with Crippen molar-refractivity contribution in [3.05, 3.63) is 18.0 Å². The summed E-state index contributed by atoms with van der Waals surface area (Å²) < 4.78 is 15.2. The molecule has 1 aliphatic rings. The molecule has 1 N–H and O–H groups in total. The highest BCUT2D eigenvalue weighted by Crippen LogP contribution is 2.20. The third-order valence-corrected chi connectivity index (χ3v) is 3.45. The van der Waals surface area contributed by atoms with Crippen LogP contribution in [0.25, 0.3) is 0 Å². The van der Waals surface area contributed by atoms with Crippen molar-refractivity contribution >= 4 is 0 Å². The van der Waals surface area contributed by atoms with Crippen LogP contribution in [0.4, 0.5) is 4.39 Å². The van der Waals surface area contributed by atoms with Gasteiger partial charge in [0.15, 0.2) is 0 Å². The van der Waals surface area contributed by atoms with Gasteiger partial charge in [-0.3, -0.25) is 9.58 Å². The Labute approximate surface area is 101 Å². The first-order valence-corrected chi connectivity index (χ1v) is 6.24. The van der Waals surface area contributed by atoms with Gasteiger partial charge in [0.1, 0.15) is 6.17 Å². The van der Waals surface area contributed by atoms with Crippen LogP contribution >= 0.6 is 0 Å². The van der Waals surface area contributed by atoms with Gasteiger partial charge in [-0.05, 0) is 19.4 Å². The topological polar surface area (TPSA) is 41.3 Å². The van der Waals surface area contributed by atoms with Gasteiger partial charge < -0.3 is 5.11 Å². The summed E-state index contributed by atoms with van der Waals surface area (Å²) in [5.74, 6) is 0. The fourth-order valence-electron chi connectivity index (χ4n) is 2.50. The van der Waals surface area contributed by atoms with Gasteiger partial charge in [0.2, 0.25) is 0 Å². The van der Waals surface area contributed by atoms with Gasteiger partial charge in [0, 0.05) is 44.0 Å². The molecule has 0 aromatic carbocycles. The summed E-state index contributed by atoms with van der Waals surface area (Å²) in [5.41, 5.74) is 1.17. The second-order valence-electron chi connectivity index (χ2n) is 4.55. The van der Waals surface area contributed by atoms with Crippen molar-refractivity contribution < 1.29 is 9.50 Å². The van der Waals surface area contributed by atoms with E-state index in [0.29, 0.717) is 13.0 Å². The number of alkyl halides is 1. The monoisotopic (exact) mass is 241 g/mol. The first kappa shape index (κ1) is 12.5. The molecule has 0 amide bonds. The summed E-state index contributed by atoms with van der Waals surface area (Å²) in [5, 5.41) is 13.4. The lowest BCUT2D eigenvalue weighted by molar-refractivity contribution is 0.159. The van der Waals surface area contributed by atoms with Crippen molar-refractivity contribution in [2.75, 3.05) is 19.7 Å². The fourth-order valence-corrected chi connectivity index (χ4v) is 2.50. The number of aryl methyl sites for hydroxylation is 1. The van der Waals surface area contributed by atoms with E-state index in [0.717, 1.165) is 19.5 Å². The van der Waals surface area contributed by atoms with E-state index in [4.69, 9.17) is 0 Å². The number of rotatable bonds is 5. The molecule has 0 unspecified atom stereocenters. The molecule has 1 aromatic heterocycles. The van der Waals surface area contributed by atoms with Gasteiger partial charge in [-0.15, -0.1) is 0 Å². The zero-order valence-corrected chi connectivity index (χ0v) is 10.2. The maximum absolute atomic E-state index is 13.3. The minimum atomic E-state index is -0.789. The molecule has 2 rings (SSSR count). The number of hydrogen-bond acceptors (Lipinski definition) is 3. The molecular weight excluding hydrogens is 221 g/mol. The average Bonchev–Trinajstić information content (AvgIpc) is 2.91. The summed E-state index contributed by atoms with van der Waals surface area (Å²) in [6.45, 7) is 4.20. The second kappa shape index (κ2) is 5.60. The molecule has 0 radical (unpaired) electrons. The summed E-state index contributed by atoms with van der Waals surface area (Å²) in [7, 11) is 0. The van der Waals surface area contributed by atoms with Gasteiger partial charge in [0.25, 0.3) is 0 Å². The second-order valence-corrected chi connectivity index (χ2v) is 4.55. The standard InChI is InChI=1S/C12H20FN3O/c1-2-16-11(3-5-14-16)4-6-15-8-10(13)7-12(15)9-17/h3,5,10,12,17H,2,4,6-9H2,1H3/t10-,12-/m0/s1. The van der Waals surface area contributed by atoms with Crippen LogP contribution in [0.15, 0.2) is 12.3 Å². The molecule has 0 bridgehead atoms. The van der Waals surface area contributed by atoms with Crippen molar-refractivity contribution in [2.24, 2.45) is 0 Å². The van der Waals surface area contributed by atoms with Crippen LogP contribution in [-0.2, 0) is 13.0 Å². The molecule has 4 nitrogen and oxygen atoms in total. The third-order valence-electron chi connectivity index (χ3n) is 3.45. The number of halogens is 1. The molecule has 17 heavy (non-hydrogen) atoms. The summed E-state index contributed by atoms with van der Waals surface area (Å²) in [6.07, 6.45) is 2.33. The molecule has 2 atom stereocenters. The number of hydrogen-bond donors (Lipinski definition) is 1. The van der Waals surface area contributed by atoms with E-state index < -0.39 is 6.17 Å². The third kappa shape index (κ3) is 2.84. The van der Waals surface area contributed by atoms with E-state index >= 15 is 0 Å². The average molecular weight is 241 g/mol. The summed E-state index contributed by atoms with van der Waals surface area (Å²) in [6, 6.07) is 1.99. The Bertz CT molecular complexity index is 355. The minimum absolute atomic E-state index is 0.0111. The molecule has 1 aliphatic heterocycles. The van der Waals surface area contributed by atoms with Crippen molar-refractivity contribution in [3.63, 3.8) is 0 Å². The van der Waals surface area contributed by atoms with Crippen molar-refractivity contribution in [3.8, 4) is 0 Å². The molecule has 0 saturated carbocycles. The highest BCUT2D eigenvalue weighted by molar-refractivity contribution is 5.01. The lowest BCUT2D eigenvalue weighted by Crippen LogP contribution is -2.34. The Balaban J connectivity index is 1.89. The lowest BCUT2D eigenvalue weighted by atomic mass is 10.2. The van der Waals surface area contributed by atoms with E-state index in [2.05, 4.69) is 12.0 Å². The highest BCUT2D eigenvalue weighted by atomic mass is 19.1. The molecule has 1 fully saturated rings. The zero-order chi connectivity index (χ0) is 12.3. The number of aliphatic hydroxyl groups is 1. The number of nitrogens with zero attached hydrogens (tertiary/aromatic N) is 3. The Morgan fingerprint density at radius 2 is 2.41 bits per heavy atom. The number of aromatic nitrogens is 2. The number of aliphatic hydroxyl groups excluding tert-OH is 1. The van der Waals surface area contributed by atoms with Gasteiger partial charge >= 0.3 is 0 Å². The molecule has 96 valence electrons. The quantitative estimate of drug-likeness (QED) is 0.831. The maximum atomic E-state index is 13.3. The van der Waals surface area contributed by atoms with Gasteiger partial charge in [0.05, 0.1) is 6.61 Å². The SMILES string of the molecule is CCn1nccc1CCN1C[C@@H](F)C[C@H]1CO. The van der Waals surface area contributed by atoms with Gasteiger partial charge in [-0.1, -0.05) is 0 Å². The Morgan fingerprint density at radius 3 is 3.12 bits per heavy atom. The van der Waals surface area contributed by atoms with Crippen molar-refractivity contribution in [1.29, 1.82) is 0 Å². The van der Waals surface area contributed by atoms with E-state index in [9.17, 15) is 9.50 Å². The minimum Gasteiger partial charge on any atom is -0.395 e. The normalized spacial score (nSPS) is 25.6. The molecule has 1 aromatic rings. The van der Waals surface area contributed by atoms with Crippen LogP contribution in [0, 0.1) is 0 Å². The first-order valence-electron chi connectivity index (χ1n) is 6.24. The molecule has 2 heterocycles. The molecular formula is C12H20FN3O. The Morgan fingerprint density at radius 1 is 1.59 bits per heavy atom. The number of likely N-dealkylation sites (tertiary alicyclic amines) is 1. The van der Waals surface area contributed by atoms with Crippen LogP contribution in [0.2, 0.25) is 0 Å². The lowest BCUT2D eigenvalue weighted by Gasteiger charge is -2.22. The van der Waals surface area contributed by atoms with Crippen LogP contribution in [0.1, 0.15) is 19.0 Å². The largest absolute Gasteiger partial charge is 0.395 e. The Kier molecular flexibility index (Phi) is 4.12. The first-order chi connectivity index (χ1) is 8.24. The van der Waals surface area contributed by atoms with Gasteiger partial charge in [-0.2, -0.15) is 5.10 Å². The summed E-state index contributed by atoms with van der Waals surface area (Å²) in [4.78, 5) is 2.04. The van der Waals surface area contributed by atoms with Crippen LogP contribution in [-0.4, -0.2) is 51.7 Å². The summed E-state index contributed by atoms with van der Waals surface area (Å²) >= 11 is 0. The van der Waals surface area contributed by atoms with Crippen molar-refractivity contribution in [1.82, 2.24) is 14.7 Å². The highest BCUT2D eigenvalue weighted by Gasteiger charge is 2.31. The van der Waals surface area contributed by atoms with Gasteiger partial charge in [-0.25, -0.2) is 4.39 Å². The predicted molar refractivity (Wildman–Crippen MR) is 63.6 cm³/mol. The van der Waals surface area contributed by atoms with E-state index in [-0.39, 0.29) is 12.6 Å².